The molecule has 3 rings (SSSR count). The van der Waals surface area contributed by atoms with Crippen LogP contribution in [0.5, 0.6) is 11.5 Å². The molecule has 1 fully saturated rings. The number of aliphatic hydroxyl groups excluding tert-OH is 1. The van der Waals surface area contributed by atoms with E-state index in [1.165, 1.54) is 5.56 Å². The maximum absolute atomic E-state index is 9.14. The molecule has 0 bridgehead atoms. The summed E-state index contributed by atoms with van der Waals surface area (Å²) in [5.41, 5.74) is 7.45. The highest BCUT2D eigenvalue weighted by atomic mass is 16.5. The largest absolute Gasteiger partial charge is 0.490 e. The zero-order valence-electron chi connectivity index (χ0n) is 12.9. The second-order valence-electron chi connectivity index (χ2n) is 5.54. The Hall–Kier alpha value is -2.08. The Morgan fingerprint density at radius 1 is 0.870 bits per heavy atom. The third-order valence-electron chi connectivity index (χ3n) is 3.85. The van der Waals surface area contributed by atoms with Crippen molar-refractivity contribution in [2.75, 3.05) is 19.8 Å². The van der Waals surface area contributed by atoms with Crippen LogP contribution < -0.4 is 20.3 Å². The monoisotopic (exact) mass is 314 g/mol. The van der Waals surface area contributed by atoms with E-state index in [4.69, 9.17) is 14.6 Å². The predicted octanol–water partition coefficient (Wildman–Crippen LogP) is 2.04. The lowest BCUT2D eigenvalue weighted by atomic mass is 10.0. The van der Waals surface area contributed by atoms with Crippen LogP contribution in [-0.4, -0.2) is 31.0 Å². The summed E-state index contributed by atoms with van der Waals surface area (Å²) >= 11 is 0. The number of para-hydroxylation sites is 1. The average molecular weight is 314 g/mol. The van der Waals surface area contributed by atoms with E-state index in [0.29, 0.717) is 13.2 Å². The van der Waals surface area contributed by atoms with Crippen LogP contribution in [0.25, 0.3) is 0 Å². The second-order valence-corrected chi connectivity index (χ2v) is 5.54. The van der Waals surface area contributed by atoms with E-state index < -0.39 is 0 Å². The van der Waals surface area contributed by atoms with Crippen molar-refractivity contribution in [3.8, 4) is 11.5 Å². The second kappa shape index (κ2) is 7.97. The highest BCUT2D eigenvalue weighted by Gasteiger charge is 2.23. The molecule has 1 aliphatic heterocycles. The molecule has 0 aromatic heterocycles. The predicted molar refractivity (Wildman–Crippen MR) is 88.4 cm³/mol. The van der Waals surface area contributed by atoms with Gasteiger partial charge in [-0.2, -0.15) is 0 Å². The Morgan fingerprint density at radius 3 is 2.13 bits per heavy atom. The minimum atomic E-state index is 0.117. The number of rotatable bonds is 7. The molecule has 2 atom stereocenters. The fraction of sp³-hybridized carbons (Fsp3) is 0.333. The van der Waals surface area contributed by atoms with E-state index in [-0.39, 0.29) is 18.7 Å². The van der Waals surface area contributed by atoms with Crippen LogP contribution in [0.4, 0.5) is 0 Å². The van der Waals surface area contributed by atoms with Crippen LogP contribution in [0.15, 0.2) is 54.6 Å². The van der Waals surface area contributed by atoms with Gasteiger partial charge in [-0.05, 0) is 36.2 Å². The zero-order chi connectivity index (χ0) is 15.9. The van der Waals surface area contributed by atoms with Crippen molar-refractivity contribution >= 4 is 0 Å². The van der Waals surface area contributed by atoms with E-state index in [1.54, 1.807) is 0 Å². The highest BCUT2D eigenvalue weighted by Crippen LogP contribution is 2.24. The number of nitrogens with one attached hydrogen (secondary N) is 2. The number of hydrogen-bond donors (Lipinski definition) is 3. The van der Waals surface area contributed by atoms with Gasteiger partial charge in [0.05, 0.1) is 6.61 Å². The Morgan fingerprint density at radius 2 is 1.52 bits per heavy atom. The van der Waals surface area contributed by atoms with Gasteiger partial charge in [-0.1, -0.05) is 30.3 Å². The van der Waals surface area contributed by atoms with E-state index in [1.807, 2.05) is 54.6 Å². The molecule has 1 heterocycles. The molecule has 2 aromatic rings. The zero-order valence-corrected chi connectivity index (χ0v) is 12.9. The van der Waals surface area contributed by atoms with Crippen molar-refractivity contribution in [1.82, 2.24) is 10.9 Å². The first-order valence-electron chi connectivity index (χ1n) is 7.87. The van der Waals surface area contributed by atoms with Crippen LogP contribution >= 0.6 is 0 Å². The summed E-state index contributed by atoms with van der Waals surface area (Å²) in [5.74, 6) is 1.68. The van der Waals surface area contributed by atoms with Gasteiger partial charge < -0.3 is 14.6 Å². The van der Waals surface area contributed by atoms with Crippen LogP contribution in [0.1, 0.15) is 18.0 Å². The number of hydrogen-bond acceptors (Lipinski definition) is 5. The molecule has 2 unspecified atom stereocenters. The molecule has 5 nitrogen and oxygen atoms in total. The Balaban J connectivity index is 1.43. The molecule has 1 aliphatic rings. The van der Waals surface area contributed by atoms with E-state index in [9.17, 15) is 0 Å². The lowest BCUT2D eigenvalue weighted by Gasteiger charge is -2.12. The van der Waals surface area contributed by atoms with Gasteiger partial charge in [-0.15, -0.1) is 0 Å². The first-order valence-corrected chi connectivity index (χ1v) is 7.87. The van der Waals surface area contributed by atoms with Crippen LogP contribution in [-0.2, 0) is 0 Å². The molecule has 122 valence electrons. The van der Waals surface area contributed by atoms with Crippen molar-refractivity contribution in [3.63, 3.8) is 0 Å². The summed E-state index contributed by atoms with van der Waals surface area (Å²) in [6, 6.07) is 18.1. The molecular formula is C18H22N2O3. The van der Waals surface area contributed by atoms with Crippen LogP contribution in [0.2, 0.25) is 0 Å². The van der Waals surface area contributed by atoms with Crippen LogP contribution in [0.3, 0.4) is 0 Å². The SMILES string of the molecule is OCC1CC(c2ccc(OCCOc3ccccc3)cc2)NN1. The highest BCUT2D eigenvalue weighted by molar-refractivity contribution is 5.29. The smallest absolute Gasteiger partial charge is 0.122 e. The lowest BCUT2D eigenvalue weighted by molar-refractivity contribution is 0.217. The third-order valence-corrected chi connectivity index (χ3v) is 3.85. The quantitative estimate of drug-likeness (QED) is 0.683. The van der Waals surface area contributed by atoms with E-state index in [0.717, 1.165) is 17.9 Å². The molecule has 0 aliphatic carbocycles. The van der Waals surface area contributed by atoms with Gasteiger partial charge in [0, 0.05) is 12.1 Å². The normalized spacial score (nSPS) is 20.4. The van der Waals surface area contributed by atoms with Gasteiger partial charge in [-0.25, -0.2) is 5.43 Å². The molecule has 2 aromatic carbocycles. The summed E-state index contributed by atoms with van der Waals surface area (Å²) in [7, 11) is 0. The van der Waals surface area contributed by atoms with Gasteiger partial charge in [0.1, 0.15) is 24.7 Å². The minimum absolute atomic E-state index is 0.117. The topological polar surface area (TPSA) is 62.8 Å². The number of ether oxygens (including phenoxy) is 2. The summed E-state index contributed by atoms with van der Waals surface area (Å²) < 4.78 is 11.3. The van der Waals surface area contributed by atoms with Gasteiger partial charge in [0.15, 0.2) is 0 Å². The molecule has 0 saturated carbocycles. The third kappa shape index (κ3) is 4.45. The van der Waals surface area contributed by atoms with Crippen molar-refractivity contribution in [3.05, 3.63) is 60.2 Å². The average Bonchev–Trinajstić information content (AvgIpc) is 3.09. The van der Waals surface area contributed by atoms with Crippen molar-refractivity contribution in [2.24, 2.45) is 0 Å². The number of aliphatic hydroxyl groups is 1. The van der Waals surface area contributed by atoms with Gasteiger partial charge >= 0.3 is 0 Å². The standard InChI is InChI=1S/C18H22N2O3/c21-13-15-12-18(20-19-15)14-6-8-17(9-7-14)23-11-10-22-16-4-2-1-3-5-16/h1-9,15,18-21H,10-13H2. The Labute approximate surface area is 136 Å². The number of hydrazine groups is 1. The van der Waals surface area contributed by atoms with E-state index >= 15 is 0 Å². The summed E-state index contributed by atoms with van der Waals surface area (Å²) in [6.07, 6.45) is 0.877. The number of benzene rings is 2. The summed E-state index contributed by atoms with van der Waals surface area (Å²) in [5, 5.41) is 9.14. The first kappa shape index (κ1) is 15.8. The molecule has 0 amide bonds. The lowest BCUT2D eigenvalue weighted by Crippen LogP contribution is -2.32. The molecular weight excluding hydrogens is 292 g/mol. The van der Waals surface area contributed by atoms with Crippen LogP contribution in [0, 0.1) is 0 Å². The van der Waals surface area contributed by atoms with Gasteiger partial charge in [-0.3, -0.25) is 5.43 Å². The fourth-order valence-corrected chi connectivity index (χ4v) is 2.59. The molecule has 5 heteroatoms. The molecule has 3 N–H and O–H groups in total. The van der Waals surface area contributed by atoms with Crippen molar-refractivity contribution in [2.45, 2.75) is 18.5 Å². The summed E-state index contributed by atoms with van der Waals surface area (Å²) in [4.78, 5) is 0. The fourth-order valence-electron chi connectivity index (χ4n) is 2.59. The van der Waals surface area contributed by atoms with Crippen molar-refractivity contribution in [1.29, 1.82) is 0 Å². The van der Waals surface area contributed by atoms with E-state index in [2.05, 4.69) is 10.9 Å². The molecule has 0 radical (unpaired) electrons. The Kier molecular flexibility index (Phi) is 5.47. The van der Waals surface area contributed by atoms with Crippen molar-refractivity contribution < 1.29 is 14.6 Å². The Bertz CT molecular complexity index is 589. The maximum atomic E-state index is 9.14. The molecule has 1 saturated heterocycles. The van der Waals surface area contributed by atoms with Gasteiger partial charge in [0.2, 0.25) is 0 Å². The first-order chi connectivity index (χ1) is 11.3. The summed E-state index contributed by atoms with van der Waals surface area (Å²) in [6.45, 7) is 1.16. The minimum Gasteiger partial charge on any atom is -0.490 e. The molecule has 0 spiro atoms. The molecule has 23 heavy (non-hydrogen) atoms. The maximum Gasteiger partial charge on any atom is 0.122 e. The van der Waals surface area contributed by atoms with Gasteiger partial charge in [0.25, 0.3) is 0 Å².